The zero-order valence-electron chi connectivity index (χ0n) is 8.39. The molecule has 6 heteroatoms. The van der Waals surface area contributed by atoms with Crippen LogP contribution in [0.4, 0.5) is 5.95 Å². The van der Waals surface area contributed by atoms with Crippen LogP contribution in [0.2, 0.25) is 0 Å². The lowest BCUT2D eigenvalue weighted by Gasteiger charge is -2.00. The normalized spacial score (nSPS) is 10.3. The number of hydrogen-bond acceptors (Lipinski definition) is 4. The highest BCUT2D eigenvalue weighted by molar-refractivity contribution is 6.03. The molecule has 0 fully saturated rings. The van der Waals surface area contributed by atoms with E-state index in [0.29, 0.717) is 17.3 Å². The molecule has 2 rings (SSSR count). The van der Waals surface area contributed by atoms with E-state index in [0.717, 1.165) is 0 Å². The first-order valence-corrected chi connectivity index (χ1v) is 4.38. The van der Waals surface area contributed by atoms with E-state index < -0.39 is 0 Å². The Bertz CT molecular complexity index is 472. The topological polar surface area (TPSA) is 73.0 Å². The van der Waals surface area contributed by atoms with Crippen molar-refractivity contribution in [2.75, 3.05) is 5.32 Å². The summed E-state index contributed by atoms with van der Waals surface area (Å²) in [7, 11) is 1.71. The third-order valence-corrected chi connectivity index (χ3v) is 1.88. The Kier molecular flexibility index (Phi) is 2.24. The van der Waals surface area contributed by atoms with Gasteiger partial charge in [0.25, 0.3) is 5.91 Å². The lowest BCUT2D eigenvalue weighted by atomic mass is 10.3. The molecule has 1 amide bonds. The SMILES string of the molecule is Cc1nc(NC(=O)c2ccoc2)n(C)n1. The van der Waals surface area contributed by atoms with E-state index in [1.807, 2.05) is 0 Å². The van der Waals surface area contributed by atoms with Gasteiger partial charge >= 0.3 is 0 Å². The first-order valence-electron chi connectivity index (χ1n) is 4.38. The van der Waals surface area contributed by atoms with Crippen molar-refractivity contribution in [1.82, 2.24) is 14.8 Å². The molecule has 0 radical (unpaired) electrons. The smallest absolute Gasteiger partial charge is 0.261 e. The van der Waals surface area contributed by atoms with E-state index in [4.69, 9.17) is 4.42 Å². The molecule has 0 bridgehead atoms. The molecule has 0 aliphatic heterocycles. The molecule has 78 valence electrons. The van der Waals surface area contributed by atoms with Crippen molar-refractivity contribution in [3.05, 3.63) is 30.0 Å². The van der Waals surface area contributed by atoms with Crippen molar-refractivity contribution >= 4 is 11.9 Å². The molecule has 0 unspecified atom stereocenters. The largest absolute Gasteiger partial charge is 0.472 e. The maximum Gasteiger partial charge on any atom is 0.261 e. The highest BCUT2D eigenvalue weighted by Crippen LogP contribution is 2.06. The number of carbonyl (C=O) groups excluding carboxylic acids is 1. The van der Waals surface area contributed by atoms with E-state index in [1.54, 1.807) is 20.0 Å². The molecular weight excluding hydrogens is 196 g/mol. The van der Waals surface area contributed by atoms with Gasteiger partial charge in [0.1, 0.15) is 12.1 Å². The number of nitrogens with zero attached hydrogens (tertiary/aromatic N) is 3. The highest BCUT2D eigenvalue weighted by Gasteiger charge is 2.11. The molecule has 0 saturated carbocycles. The Morgan fingerprint density at radius 1 is 1.60 bits per heavy atom. The third-order valence-electron chi connectivity index (χ3n) is 1.88. The van der Waals surface area contributed by atoms with Gasteiger partial charge in [-0.15, -0.1) is 0 Å². The van der Waals surface area contributed by atoms with Crippen molar-refractivity contribution in [1.29, 1.82) is 0 Å². The molecule has 0 spiro atoms. The van der Waals surface area contributed by atoms with Crippen LogP contribution in [-0.2, 0) is 7.05 Å². The van der Waals surface area contributed by atoms with Crippen LogP contribution in [-0.4, -0.2) is 20.7 Å². The summed E-state index contributed by atoms with van der Waals surface area (Å²) in [6.45, 7) is 1.76. The molecule has 2 heterocycles. The summed E-state index contributed by atoms with van der Waals surface area (Å²) in [5, 5.41) is 6.64. The van der Waals surface area contributed by atoms with Gasteiger partial charge in [0.2, 0.25) is 5.95 Å². The standard InChI is InChI=1S/C9H10N4O2/c1-6-10-9(13(2)12-6)11-8(14)7-3-4-15-5-7/h3-5H,1-2H3,(H,10,11,12,14). The average Bonchev–Trinajstić information content (AvgIpc) is 2.76. The molecule has 0 aromatic carbocycles. The zero-order chi connectivity index (χ0) is 10.8. The van der Waals surface area contributed by atoms with Crippen molar-refractivity contribution in [2.24, 2.45) is 7.05 Å². The lowest BCUT2D eigenvalue weighted by Crippen LogP contribution is -2.14. The summed E-state index contributed by atoms with van der Waals surface area (Å²) >= 11 is 0. The molecule has 6 nitrogen and oxygen atoms in total. The number of furan rings is 1. The number of rotatable bonds is 2. The number of anilines is 1. The van der Waals surface area contributed by atoms with Crippen LogP contribution < -0.4 is 5.32 Å². The fourth-order valence-corrected chi connectivity index (χ4v) is 1.19. The first kappa shape index (κ1) is 9.45. The molecule has 0 aliphatic carbocycles. The second kappa shape index (κ2) is 3.56. The second-order valence-electron chi connectivity index (χ2n) is 3.07. The second-order valence-corrected chi connectivity index (χ2v) is 3.07. The van der Waals surface area contributed by atoms with Crippen LogP contribution in [0, 0.1) is 6.92 Å². The maximum atomic E-state index is 11.6. The summed E-state index contributed by atoms with van der Waals surface area (Å²) in [4.78, 5) is 15.6. The van der Waals surface area contributed by atoms with Gasteiger partial charge in [-0.25, -0.2) is 4.68 Å². The first-order chi connectivity index (χ1) is 7.16. The lowest BCUT2D eigenvalue weighted by molar-refractivity contribution is 0.102. The van der Waals surface area contributed by atoms with Crippen molar-refractivity contribution in [2.45, 2.75) is 6.92 Å². The van der Waals surface area contributed by atoms with E-state index in [2.05, 4.69) is 15.4 Å². The molecular formula is C9H10N4O2. The Hall–Kier alpha value is -2.11. The summed E-state index contributed by atoms with van der Waals surface area (Å²) in [6, 6.07) is 1.58. The minimum absolute atomic E-state index is 0.265. The number of carbonyl (C=O) groups is 1. The van der Waals surface area contributed by atoms with Crippen LogP contribution in [0.5, 0.6) is 0 Å². The quantitative estimate of drug-likeness (QED) is 0.794. The molecule has 2 aromatic heterocycles. The Balaban J connectivity index is 2.16. The van der Waals surface area contributed by atoms with E-state index in [-0.39, 0.29) is 5.91 Å². The molecule has 0 saturated heterocycles. The Morgan fingerprint density at radius 3 is 2.93 bits per heavy atom. The molecule has 15 heavy (non-hydrogen) atoms. The van der Waals surface area contributed by atoms with Gasteiger partial charge in [-0.3, -0.25) is 10.1 Å². The predicted octanol–water partition coefficient (Wildman–Crippen LogP) is 0.969. The van der Waals surface area contributed by atoms with Gasteiger partial charge in [-0.1, -0.05) is 0 Å². The fourth-order valence-electron chi connectivity index (χ4n) is 1.19. The van der Waals surface area contributed by atoms with Crippen molar-refractivity contribution in [3.63, 3.8) is 0 Å². The number of nitrogens with one attached hydrogen (secondary N) is 1. The Labute approximate surface area is 85.9 Å². The fraction of sp³-hybridized carbons (Fsp3) is 0.222. The van der Waals surface area contributed by atoms with Crippen LogP contribution in [0.3, 0.4) is 0 Å². The molecule has 2 aromatic rings. The molecule has 0 atom stereocenters. The van der Waals surface area contributed by atoms with Crippen molar-refractivity contribution in [3.8, 4) is 0 Å². The highest BCUT2D eigenvalue weighted by atomic mass is 16.3. The summed E-state index contributed by atoms with van der Waals surface area (Å²) < 4.78 is 6.31. The van der Waals surface area contributed by atoms with Gasteiger partial charge < -0.3 is 4.42 Å². The number of aryl methyl sites for hydroxylation is 2. The minimum Gasteiger partial charge on any atom is -0.472 e. The summed E-state index contributed by atoms with van der Waals surface area (Å²) in [6.07, 6.45) is 2.81. The minimum atomic E-state index is -0.265. The van der Waals surface area contributed by atoms with Crippen molar-refractivity contribution < 1.29 is 9.21 Å². The van der Waals surface area contributed by atoms with E-state index in [9.17, 15) is 4.79 Å². The Morgan fingerprint density at radius 2 is 2.40 bits per heavy atom. The third kappa shape index (κ3) is 1.88. The van der Waals surface area contributed by atoms with Gasteiger partial charge in [-0.05, 0) is 13.0 Å². The van der Waals surface area contributed by atoms with Gasteiger partial charge in [0.15, 0.2) is 0 Å². The van der Waals surface area contributed by atoms with Crippen LogP contribution in [0.25, 0.3) is 0 Å². The summed E-state index contributed by atoms with van der Waals surface area (Å²) in [5.74, 6) is 0.762. The predicted molar refractivity (Wildman–Crippen MR) is 52.4 cm³/mol. The number of hydrogen-bond donors (Lipinski definition) is 1. The van der Waals surface area contributed by atoms with Crippen LogP contribution in [0.15, 0.2) is 23.0 Å². The van der Waals surface area contributed by atoms with Crippen LogP contribution >= 0.6 is 0 Å². The molecule has 0 aliphatic rings. The maximum absolute atomic E-state index is 11.6. The average molecular weight is 206 g/mol. The number of amides is 1. The van der Waals surface area contributed by atoms with Crippen LogP contribution in [0.1, 0.15) is 16.2 Å². The van der Waals surface area contributed by atoms with E-state index >= 15 is 0 Å². The zero-order valence-corrected chi connectivity index (χ0v) is 8.39. The van der Waals surface area contributed by atoms with Gasteiger partial charge in [0.05, 0.1) is 11.8 Å². The van der Waals surface area contributed by atoms with E-state index in [1.165, 1.54) is 17.2 Å². The number of aromatic nitrogens is 3. The monoisotopic (exact) mass is 206 g/mol. The van der Waals surface area contributed by atoms with Gasteiger partial charge in [0, 0.05) is 7.05 Å². The molecule has 1 N–H and O–H groups in total. The van der Waals surface area contributed by atoms with Gasteiger partial charge in [-0.2, -0.15) is 10.1 Å². The summed E-state index contributed by atoms with van der Waals surface area (Å²) in [5.41, 5.74) is 0.454.